The van der Waals surface area contributed by atoms with Gasteiger partial charge in [0.2, 0.25) is 5.91 Å². The van der Waals surface area contributed by atoms with Crippen LogP contribution in [-0.4, -0.2) is 29.2 Å². The number of alkyl halides is 3. The molecule has 0 bridgehead atoms. The first-order chi connectivity index (χ1) is 13.3. The molecule has 29 heavy (non-hydrogen) atoms. The quantitative estimate of drug-likeness (QED) is 0.705. The molecule has 0 aliphatic carbocycles. The molecular weight excluding hydrogens is 407 g/mol. The maximum atomic E-state index is 12.1. The lowest BCUT2D eigenvalue weighted by Gasteiger charge is -2.27. The van der Waals surface area contributed by atoms with Crippen LogP contribution in [0.15, 0.2) is 42.7 Å². The minimum Gasteiger partial charge on any atom is -0.484 e. The minimum atomic E-state index is -4.35. The molecule has 3 N–H and O–H groups in total. The van der Waals surface area contributed by atoms with Crippen molar-refractivity contribution in [3.05, 3.63) is 58.9 Å². The lowest BCUT2D eigenvalue weighted by atomic mass is 10.0. The first kappa shape index (κ1) is 24.7. The third-order valence-electron chi connectivity index (χ3n) is 3.46. The van der Waals surface area contributed by atoms with Crippen LogP contribution in [0.1, 0.15) is 49.7 Å². The summed E-state index contributed by atoms with van der Waals surface area (Å²) in [5.41, 5.74) is 6.17. The summed E-state index contributed by atoms with van der Waals surface area (Å²) in [4.78, 5) is 14.1. The maximum absolute atomic E-state index is 12.1. The second-order valence-corrected chi connectivity index (χ2v) is 7.71. The summed E-state index contributed by atoms with van der Waals surface area (Å²) in [6, 6.07) is 7.71. The van der Waals surface area contributed by atoms with Crippen molar-refractivity contribution >= 4 is 17.5 Å². The maximum Gasteiger partial charge on any atom is 0.422 e. The molecular formula is C20H25ClF3N3O2. The molecule has 0 spiro atoms. The Kier molecular flexibility index (Phi) is 8.91. The van der Waals surface area contributed by atoms with E-state index in [0.29, 0.717) is 10.6 Å². The van der Waals surface area contributed by atoms with Crippen LogP contribution >= 0.6 is 11.6 Å². The van der Waals surface area contributed by atoms with Crippen molar-refractivity contribution in [1.29, 1.82) is 0 Å². The zero-order valence-electron chi connectivity index (χ0n) is 16.7. The number of primary amides is 1. The standard InChI is InChI=1S/C14H19ClF3NO.C6H6N2O/c1-9(19-13(2,3)4)11-6-5-10(7-12(11)15)20-8-14(16,17)18;7-6(9)5-1-3-8-4-2-5/h5-7,9,19H,8H2,1-4H3;1-4H,(H2,7,9). The Morgan fingerprint density at radius 3 is 2.21 bits per heavy atom. The van der Waals surface area contributed by atoms with E-state index in [0.717, 1.165) is 5.56 Å². The third kappa shape index (κ3) is 10.1. The van der Waals surface area contributed by atoms with Gasteiger partial charge in [-0.15, -0.1) is 0 Å². The predicted molar refractivity (Wildman–Crippen MR) is 107 cm³/mol. The summed E-state index contributed by atoms with van der Waals surface area (Å²) in [5, 5.41) is 3.73. The van der Waals surface area contributed by atoms with E-state index >= 15 is 0 Å². The smallest absolute Gasteiger partial charge is 0.422 e. The van der Waals surface area contributed by atoms with Gasteiger partial charge in [0.25, 0.3) is 0 Å². The number of nitrogens with one attached hydrogen (secondary N) is 1. The lowest BCUT2D eigenvalue weighted by Crippen LogP contribution is -2.37. The Morgan fingerprint density at radius 2 is 1.79 bits per heavy atom. The first-order valence-electron chi connectivity index (χ1n) is 8.75. The Labute approximate surface area is 173 Å². The molecule has 0 aliphatic rings. The van der Waals surface area contributed by atoms with Gasteiger partial charge in [0.05, 0.1) is 0 Å². The van der Waals surface area contributed by atoms with E-state index in [9.17, 15) is 18.0 Å². The van der Waals surface area contributed by atoms with Crippen LogP contribution in [0.25, 0.3) is 0 Å². The Balaban J connectivity index is 0.000000387. The molecule has 2 rings (SSSR count). The largest absolute Gasteiger partial charge is 0.484 e. The van der Waals surface area contributed by atoms with Crippen molar-refractivity contribution < 1.29 is 22.7 Å². The van der Waals surface area contributed by atoms with Crippen molar-refractivity contribution in [2.24, 2.45) is 5.73 Å². The van der Waals surface area contributed by atoms with E-state index in [1.165, 1.54) is 24.5 Å². The van der Waals surface area contributed by atoms with Crippen molar-refractivity contribution in [3.63, 3.8) is 0 Å². The van der Waals surface area contributed by atoms with Crippen molar-refractivity contribution in [2.45, 2.75) is 45.5 Å². The van der Waals surface area contributed by atoms with Crippen molar-refractivity contribution in [1.82, 2.24) is 10.3 Å². The van der Waals surface area contributed by atoms with Crippen LogP contribution in [0.3, 0.4) is 0 Å². The normalized spacial score (nSPS) is 12.6. The predicted octanol–water partition coefficient (Wildman–Crippen LogP) is 4.91. The number of benzene rings is 1. The van der Waals surface area contributed by atoms with Gasteiger partial charge >= 0.3 is 6.18 Å². The number of carbonyl (C=O) groups is 1. The number of halogens is 4. The molecule has 2 aromatic rings. The van der Waals surface area contributed by atoms with Gasteiger partial charge in [-0.25, -0.2) is 0 Å². The van der Waals surface area contributed by atoms with Crippen LogP contribution in [0.5, 0.6) is 5.75 Å². The van der Waals surface area contributed by atoms with Crippen LogP contribution < -0.4 is 15.8 Å². The number of nitrogens with zero attached hydrogens (tertiary/aromatic N) is 1. The fraction of sp³-hybridized carbons (Fsp3) is 0.400. The summed E-state index contributed by atoms with van der Waals surface area (Å²) in [6.45, 7) is 6.70. The van der Waals surface area contributed by atoms with Gasteiger partial charge < -0.3 is 15.8 Å². The Hall–Kier alpha value is -2.32. The minimum absolute atomic E-state index is 0.0147. The van der Waals surface area contributed by atoms with Gasteiger partial charge in [-0.2, -0.15) is 13.2 Å². The average Bonchev–Trinajstić information content (AvgIpc) is 2.59. The van der Waals surface area contributed by atoms with Gasteiger partial charge in [0.15, 0.2) is 6.61 Å². The first-order valence-corrected chi connectivity index (χ1v) is 9.13. The molecule has 0 fully saturated rings. The van der Waals surface area contributed by atoms with Gasteiger partial charge in [-0.3, -0.25) is 9.78 Å². The number of hydrogen-bond acceptors (Lipinski definition) is 4. The summed E-state index contributed by atoms with van der Waals surface area (Å²) >= 11 is 6.10. The van der Waals surface area contributed by atoms with Crippen molar-refractivity contribution in [3.8, 4) is 5.75 Å². The lowest BCUT2D eigenvalue weighted by molar-refractivity contribution is -0.153. The highest BCUT2D eigenvalue weighted by Crippen LogP contribution is 2.29. The van der Waals surface area contributed by atoms with Gasteiger partial charge in [0.1, 0.15) is 5.75 Å². The highest BCUT2D eigenvalue weighted by atomic mass is 35.5. The van der Waals surface area contributed by atoms with Crippen LogP contribution in [0.4, 0.5) is 13.2 Å². The average molecular weight is 432 g/mol. The summed E-state index contributed by atoms with van der Waals surface area (Å²) < 4.78 is 40.9. The van der Waals surface area contributed by atoms with Gasteiger partial charge in [-0.05, 0) is 57.5 Å². The molecule has 0 saturated heterocycles. The van der Waals surface area contributed by atoms with Crippen molar-refractivity contribution in [2.75, 3.05) is 6.61 Å². The molecule has 1 aromatic carbocycles. The fourth-order valence-corrected chi connectivity index (χ4v) is 2.69. The molecule has 1 atom stereocenters. The fourth-order valence-electron chi connectivity index (χ4n) is 2.36. The monoisotopic (exact) mass is 431 g/mol. The zero-order valence-corrected chi connectivity index (χ0v) is 17.4. The molecule has 5 nitrogen and oxygen atoms in total. The Morgan fingerprint density at radius 1 is 1.21 bits per heavy atom. The Bertz CT molecular complexity index is 794. The highest BCUT2D eigenvalue weighted by molar-refractivity contribution is 6.31. The number of ether oxygens (including phenoxy) is 1. The SMILES string of the molecule is CC(NC(C)(C)C)c1ccc(OCC(F)(F)F)cc1Cl.NC(=O)c1ccncc1. The van der Waals surface area contributed by atoms with Gasteiger partial charge in [-0.1, -0.05) is 17.7 Å². The molecule has 160 valence electrons. The van der Waals surface area contributed by atoms with E-state index < -0.39 is 18.7 Å². The molecule has 1 amide bonds. The van der Waals surface area contributed by atoms with E-state index in [1.807, 2.05) is 27.7 Å². The highest BCUT2D eigenvalue weighted by Gasteiger charge is 2.28. The number of pyridine rings is 1. The summed E-state index contributed by atoms with van der Waals surface area (Å²) in [7, 11) is 0. The molecule has 9 heteroatoms. The zero-order chi connectivity index (χ0) is 22.2. The topological polar surface area (TPSA) is 77.2 Å². The molecule has 1 heterocycles. The molecule has 0 saturated carbocycles. The second-order valence-electron chi connectivity index (χ2n) is 7.30. The summed E-state index contributed by atoms with van der Waals surface area (Å²) in [6.07, 6.45) is -1.30. The summed E-state index contributed by atoms with van der Waals surface area (Å²) in [5.74, 6) is -0.309. The van der Waals surface area contributed by atoms with Gasteiger partial charge in [0, 0.05) is 34.6 Å². The van der Waals surface area contributed by atoms with Crippen LogP contribution in [0.2, 0.25) is 5.02 Å². The molecule has 1 aromatic heterocycles. The van der Waals surface area contributed by atoms with E-state index in [4.69, 9.17) is 17.3 Å². The number of rotatable bonds is 5. The van der Waals surface area contributed by atoms with Crippen LogP contribution in [0, 0.1) is 0 Å². The number of aromatic nitrogens is 1. The molecule has 0 radical (unpaired) electrons. The van der Waals surface area contributed by atoms with E-state index in [-0.39, 0.29) is 17.3 Å². The number of nitrogens with two attached hydrogens (primary N) is 1. The molecule has 0 aliphatic heterocycles. The number of amides is 1. The third-order valence-corrected chi connectivity index (χ3v) is 3.78. The van der Waals surface area contributed by atoms with E-state index in [1.54, 1.807) is 18.2 Å². The second kappa shape index (κ2) is 10.5. The van der Waals surface area contributed by atoms with Crippen LogP contribution in [-0.2, 0) is 0 Å². The molecule has 1 unspecified atom stereocenters. The number of hydrogen-bond donors (Lipinski definition) is 2. The van der Waals surface area contributed by atoms with E-state index in [2.05, 4.69) is 15.0 Å². The number of carbonyl (C=O) groups excluding carboxylic acids is 1.